The van der Waals surface area contributed by atoms with Crippen molar-refractivity contribution < 1.29 is 0 Å². The first-order chi connectivity index (χ1) is 13.2. The Kier molecular flexibility index (Phi) is 6.26. The fourth-order valence-electron chi connectivity index (χ4n) is 3.08. The molecule has 3 rings (SSSR count). The molecule has 0 fully saturated rings. The first kappa shape index (κ1) is 18.7. The van der Waals surface area contributed by atoms with Gasteiger partial charge < -0.3 is 16.8 Å². The van der Waals surface area contributed by atoms with Gasteiger partial charge in [-0.05, 0) is 52.2 Å². The molecule has 0 radical (unpaired) electrons. The van der Waals surface area contributed by atoms with E-state index in [-0.39, 0.29) is 11.9 Å². The van der Waals surface area contributed by atoms with E-state index in [4.69, 9.17) is 11.5 Å². The van der Waals surface area contributed by atoms with Crippen LogP contribution in [0.2, 0.25) is 0 Å². The molecule has 0 saturated carbocycles. The molecule has 0 aliphatic heterocycles. The van der Waals surface area contributed by atoms with Crippen LogP contribution in [0.25, 0.3) is 21.5 Å². The Morgan fingerprint density at radius 3 is 2.30 bits per heavy atom. The summed E-state index contributed by atoms with van der Waals surface area (Å²) < 4.78 is 0. The van der Waals surface area contributed by atoms with Gasteiger partial charge in [-0.1, -0.05) is 56.5 Å². The first-order valence-corrected chi connectivity index (χ1v) is 9.49. The van der Waals surface area contributed by atoms with Crippen molar-refractivity contribution >= 4 is 39.2 Å². The maximum atomic E-state index is 5.97. The normalized spacial score (nSPS) is 12.6. The third-order valence-electron chi connectivity index (χ3n) is 4.50. The Hall–Kier alpha value is -3.08. The lowest BCUT2D eigenvalue weighted by molar-refractivity contribution is 0.674. The Morgan fingerprint density at radius 1 is 0.852 bits per heavy atom. The second-order valence-electron chi connectivity index (χ2n) is 6.68. The highest BCUT2D eigenvalue weighted by atomic mass is 15.2. The van der Waals surface area contributed by atoms with Gasteiger partial charge >= 0.3 is 0 Å². The van der Waals surface area contributed by atoms with Crippen molar-refractivity contribution in [2.24, 2.45) is 21.5 Å². The zero-order valence-corrected chi connectivity index (χ0v) is 15.8. The van der Waals surface area contributed by atoms with Gasteiger partial charge in [-0.15, -0.1) is 0 Å². The predicted molar refractivity (Wildman–Crippen MR) is 117 cm³/mol. The van der Waals surface area contributed by atoms with E-state index >= 15 is 0 Å². The van der Waals surface area contributed by atoms with Crippen molar-refractivity contribution in [1.29, 1.82) is 0 Å². The number of unbranched alkanes of at least 4 members (excludes halogenated alkanes) is 3. The number of rotatable bonds is 6. The molecular formula is C22H27N5. The van der Waals surface area contributed by atoms with Gasteiger partial charge in [0.1, 0.15) is 0 Å². The molecule has 27 heavy (non-hydrogen) atoms. The first-order valence-electron chi connectivity index (χ1n) is 9.49. The molecule has 0 aromatic heterocycles. The number of benzene rings is 3. The van der Waals surface area contributed by atoms with Crippen molar-refractivity contribution in [1.82, 2.24) is 0 Å². The van der Waals surface area contributed by atoms with Crippen LogP contribution in [-0.2, 0) is 0 Å². The molecule has 0 aliphatic rings. The van der Waals surface area contributed by atoms with E-state index in [1.165, 1.54) is 29.0 Å². The summed E-state index contributed by atoms with van der Waals surface area (Å²) in [5.41, 5.74) is 12.7. The molecule has 3 aromatic carbocycles. The molecule has 3 aromatic rings. The van der Waals surface area contributed by atoms with Gasteiger partial charge in [-0.25, -0.2) is 0 Å². The molecule has 0 aliphatic carbocycles. The molecule has 0 atom stereocenters. The van der Waals surface area contributed by atoms with E-state index in [9.17, 15) is 0 Å². The van der Waals surface area contributed by atoms with Gasteiger partial charge in [0, 0.05) is 12.2 Å². The molecule has 0 spiro atoms. The molecule has 5 nitrogen and oxygen atoms in total. The van der Waals surface area contributed by atoms with Gasteiger partial charge in [-0.3, -0.25) is 4.99 Å². The maximum Gasteiger partial charge on any atom is 0.218 e. The highest BCUT2D eigenvalue weighted by Crippen LogP contribution is 2.25. The highest BCUT2D eigenvalue weighted by Gasteiger charge is 2.01. The summed E-state index contributed by atoms with van der Waals surface area (Å²) in [6.07, 6.45) is 4.61. The van der Waals surface area contributed by atoms with Crippen LogP contribution in [0, 0.1) is 0 Å². The monoisotopic (exact) mass is 361 g/mol. The number of guanidine groups is 2. The van der Waals surface area contributed by atoms with E-state index in [1.807, 2.05) is 12.1 Å². The molecule has 0 bridgehead atoms. The summed E-state index contributed by atoms with van der Waals surface area (Å²) >= 11 is 0. The topological polar surface area (TPSA) is 88.8 Å². The zero-order chi connectivity index (χ0) is 19.1. The fraction of sp³-hybridized carbons (Fsp3) is 0.273. The number of fused-ring (bicyclic) bond motifs is 2. The van der Waals surface area contributed by atoms with Crippen LogP contribution in [-0.4, -0.2) is 18.5 Å². The lowest BCUT2D eigenvalue weighted by Gasteiger charge is -2.08. The lowest BCUT2D eigenvalue weighted by atomic mass is 10.0. The number of hydrogen-bond acceptors (Lipinski definition) is 1. The van der Waals surface area contributed by atoms with Crippen molar-refractivity contribution in [3.63, 3.8) is 0 Å². The quantitative estimate of drug-likeness (QED) is 0.259. The molecule has 0 heterocycles. The molecule has 0 saturated heterocycles. The van der Waals surface area contributed by atoms with Crippen LogP contribution in [0.5, 0.6) is 0 Å². The highest BCUT2D eigenvalue weighted by molar-refractivity contribution is 6.03. The molecule has 5 N–H and O–H groups in total. The Balaban J connectivity index is 1.69. The van der Waals surface area contributed by atoms with E-state index in [1.54, 1.807) is 0 Å². The fourth-order valence-corrected chi connectivity index (χ4v) is 3.08. The van der Waals surface area contributed by atoms with E-state index in [0.717, 1.165) is 23.9 Å². The largest absolute Gasteiger partial charge is 0.369 e. The van der Waals surface area contributed by atoms with Crippen molar-refractivity contribution in [2.75, 3.05) is 11.9 Å². The standard InChI is InChI=1S/C22H27N5/c1-2-3-4-7-12-25-21(23)27-22(24)26-20-11-10-18-13-16-8-5-6-9-17(16)14-19(18)15-20/h5-6,8-11,13-15H,2-4,7,12H2,1H3,(H5,23,24,25,26,27). The van der Waals surface area contributed by atoms with Crippen LogP contribution >= 0.6 is 0 Å². The molecule has 140 valence electrons. The van der Waals surface area contributed by atoms with Crippen LogP contribution in [0.4, 0.5) is 5.69 Å². The van der Waals surface area contributed by atoms with Gasteiger partial charge in [0.25, 0.3) is 0 Å². The minimum atomic E-state index is 0.211. The van der Waals surface area contributed by atoms with Crippen molar-refractivity contribution in [3.8, 4) is 0 Å². The van der Waals surface area contributed by atoms with Crippen molar-refractivity contribution in [2.45, 2.75) is 32.6 Å². The van der Waals surface area contributed by atoms with E-state index in [0.29, 0.717) is 6.54 Å². The second-order valence-corrected chi connectivity index (χ2v) is 6.68. The third kappa shape index (κ3) is 5.20. The summed E-state index contributed by atoms with van der Waals surface area (Å²) in [6.45, 7) is 2.87. The summed E-state index contributed by atoms with van der Waals surface area (Å²) in [6, 6.07) is 18.8. The predicted octanol–water partition coefficient (Wildman–Crippen LogP) is 4.61. The van der Waals surface area contributed by atoms with Gasteiger partial charge in [-0.2, -0.15) is 4.99 Å². The number of nitrogens with one attached hydrogen (secondary N) is 1. The number of nitrogens with zero attached hydrogens (tertiary/aromatic N) is 2. The minimum Gasteiger partial charge on any atom is -0.369 e. The number of aliphatic imine (C=N–C) groups is 2. The minimum absolute atomic E-state index is 0.211. The maximum absolute atomic E-state index is 5.97. The van der Waals surface area contributed by atoms with Gasteiger partial charge in [0.2, 0.25) is 11.9 Å². The summed E-state index contributed by atoms with van der Waals surface area (Å²) in [7, 11) is 0. The zero-order valence-electron chi connectivity index (χ0n) is 15.8. The second kappa shape index (κ2) is 9.03. The van der Waals surface area contributed by atoms with Crippen molar-refractivity contribution in [3.05, 3.63) is 54.6 Å². The van der Waals surface area contributed by atoms with E-state index < -0.39 is 0 Å². The Labute approximate surface area is 160 Å². The van der Waals surface area contributed by atoms with Gasteiger partial charge in [0.15, 0.2) is 0 Å². The smallest absolute Gasteiger partial charge is 0.218 e. The average Bonchev–Trinajstić information content (AvgIpc) is 2.66. The summed E-state index contributed by atoms with van der Waals surface area (Å²) in [4.78, 5) is 8.38. The number of nitrogens with two attached hydrogens (primary N) is 2. The van der Waals surface area contributed by atoms with Crippen LogP contribution in [0.1, 0.15) is 32.6 Å². The molecule has 0 amide bonds. The third-order valence-corrected chi connectivity index (χ3v) is 4.50. The molecular weight excluding hydrogens is 334 g/mol. The summed E-state index contributed by atoms with van der Waals surface area (Å²) in [5.74, 6) is 0.452. The number of hydrogen-bond donors (Lipinski definition) is 3. The van der Waals surface area contributed by atoms with E-state index in [2.05, 4.69) is 64.7 Å². The van der Waals surface area contributed by atoms with Crippen LogP contribution in [0.15, 0.2) is 64.6 Å². The molecule has 0 unspecified atom stereocenters. The summed E-state index contributed by atoms with van der Waals surface area (Å²) in [5, 5.41) is 7.86. The van der Waals surface area contributed by atoms with Gasteiger partial charge in [0.05, 0.1) is 0 Å². The number of anilines is 1. The SMILES string of the molecule is CCCCCCN=C(N)/N=C(\N)Nc1ccc2cc3ccccc3cc2c1. The molecule has 5 heteroatoms. The Bertz CT molecular complexity index is 975. The lowest BCUT2D eigenvalue weighted by Crippen LogP contribution is -2.26. The van der Waals surface area contributed by atoms with Crippen LogP contribution < -0.4 is 16.8 Å². The van der Waals surface area contributed by atoms with Crippen LogP contribution in [0.3, 0.4) is 0 Å². The Morgan fingerprint density at radius 2 is 1.56 bits per heavy atom. The average molecular weight is 361 g/mol.